The first-order valence-electron chi connectivity index (χ1n) is 6.39. The molecule has 2 rings (SSSR count). The maximum Gasteiger partial charge on any atom is 0.0580 e. The van der Waals surface area contributed by atoms with Gasteiger partial charge >= 0.3 is 0 Å². The zero-order valence-corrected chi connectivity index (χ0v) is 10.4. The van der Waals surface area contributed by atoms with E-state index < -0.39 is 0 Å². The second kappa shape index (κ2) is 5.01. The van der Waals surface area contributed by atoms with E-state index in [4.69, 9.17) is 0 Å². The zero-order valence-electron chi connectivity index (χ0n) is 10.4. The van der Waals surface area contributed by atoms with Crippen LogP contribution in [0.1, 0.15) is 42.4 Å². The third-order valence-corrected chi connectivity index (χ3v) is 3.65. The van der Waals surface area contributed by atoms with Crippen molar-refractivity contribution in [2.24, 2.45) is 5.92 Å². The summed E-state index contributed by atoms with van der Waals surface area (Å²) in [5.41, 5.74) is 3.93. The van der Waals surface area contributed by atoms with Gasteiger partial charge in [-0.05, 0) is 55.7 Å². The van der Waals surface area contributed by atoms with E-state index in [1.165, 1.54) is 36.0 Å². The summed E-state index contributed by atoms with van der Waals surface area (Å²) >= 11 is 0. The lowest BCUT2D eigenvalue weighted by molar-refractivity contribution is 0.160. The summed E-state index contributed by atoms with van der Waals surface area (Å²) in [4.78, 5) is 0. The van der Waals surface area contributed by atoms with E-state index >= 15 is 0 Å². The minimum atomic E-state index is -0.150. The van der Waals surface area contributed by atoms with Gasteiger partial charge in [-0.25, -0.2) is 0 Å². The zero-order chi connectivity index (χ0) is 11.5. The Bertz CT molecular complexity index is 352. The molecule has 0 amide bonds. The van der Waals surface area contributed by atoms with Crippen molar-refractivity contribution in [2.45, 2.75) is 52.1 Å². The maximum atomic E-state index is 9.94. The van der Waals surface area contributed by atoms with Gasteiger partial charge in [0.05, 0.1) is 6.10 Å². The summed E-state index contributed by atoms with van der Waals surface area (Å²) in [6, 6.07) is 6.50. The van der Waals surface area contributed by atoms with Crippen molar-refractivity contribution in [1.82, 2.24) is 0 Å². The molecular weight excluding hydrogens is 196 g/mol. The minimum absolute atomic E-state index is 0.150. The average molecular weight is 218 g/mol. The van der Waals surface area contributed by atoms with Crippen molar-refractivity contribution in [3.05, 3.63) is 34.9 Å². The normalized spacial score (nSPS) is 17.4. The second-order valence-electron chi connectivity index (χ2n) is 5.30. The fourth-order valence-electron chi connectivity index (χ4n) is 2.14. The molecule has 0 saturated heterocycles. The molecule has 1 saturated carbocycles. The molecule has 0 aliphatic heterocycles. The van der Waals surface area contributed by atoms with Crippen molar-refractivity contribution in [2.75, 3.05) is 0 Å². The summed E-state index contributed by atoms with van der Waals surface area (Å²) in [7, 11) is 0. The number of aliphatic hydroxyl groups is 1. The highest BCUT2D eigenvalue weighted by Gasteiger charge is 2.21. The molecule has 1 atom stereocenters. The Morgan fingerprint density at radius 3 is 2.62 bits per heavy atom. The molecule has 1 heteroatoms. The van der Waals surface area contributed by atoms with Crippen LogP contribution in [-0.4, -0.2) is 11.2 Å². The number of aliphatic hydroxyl groups excluding tert-OH is 1. The van der Waals surface area contributed by atoms with Crippen LogP contribution < -0.4 is 0 Å². The van der Waals surface area contributed by atoms with Gasteiger partial charge in [0.2, 0.25) is 0 Å². The first-order valence-corrected chi connectivity index (χ1v) is 6.39. The van der Waals surface area contributed by atoms with E-state index in [2.05, 4.69) is 32.0 Å². The van der Waals surface area contributed by atoms with Crippen molar-refractivity contribution >= 4 is 0 Å². The van der Waals surface area contributed by atoms with Gasteiger partial charge in [0.1, 0.15) is 0 Å². The van der Waals surface area contributed by atoms with Gasteiger partial charge in [0.15, 0.2) is 0 Å². The van der Waals surface area contributed by atoms with Gasteiger partial charge in [-0.3, -0.25) is 0 Å². The van der Waals surface area contributed by atoms with E-state index in [0.717, 1.165) is 18.8 Å². The predicted molar refractivity (Wildman–Crippen MR) is 67.6 cm³/mol. The Labute approximate surface area is 98.5 Å². The SMILES string of the molecule is Cc1ccc(CC(O)CCC2CC2)cc1C. The molecule has 0 heterocycles. The molecule has 1 aliphatic carbocycles. The van der Waals surface area contributed by atoms with E-state index in [0.29, 0.717) is 0 Å². The van der Waals surface area contributed by atoms with Crippen LogP contribution in [0.5, 0.6) is 0 Å². The van der Waals surface area contributed by atoms with Gasteiger partial charge < -0.3 is 5.11 Å². The van der Waals surface area contributed by atoms with Crippen LogP contribution in [0.4, 0.5) is 0 Å². The molecule has 1 fully saturated rings. The Morgan fingerprint density at radius 1 is 1.25 bits per heavy atom. The molecule has 1 aromatic rings. The van der Waals surface area contributed by atoms with Crippen LogP contribution in [0.25, 0.3) is 0 Å². The van der Waals surface area contributed by atoms with Crippen molar-refractivity contribution in [1.29, 1.82) is 0 Å². The molecule has 0 radical (unpaired) electrons. The first-order chi connectivity index (χ1) is 7.65. The molecule has 1 nitrogen and oxygen atoms in total. The van der Waals surface area contributed by atoms with Crippen LogP contribution in [0.3, 0.4) is 0 Å². The van der Waals surface area contributed by atoms with E-state index in [-0.39, 0.29) is 6.10 Å². The second-order valence-corrected chi connectivity index (χ2v) is 5.30. The quantitative estimate of drug-likeness (QED) is 0.803. The van der Waals surface area contributed by atoms with Crippen LogP contribution in [0, 0.1) is 19.8 Å². The Hall–Kier alpha value is -0.820. The average Bonchev–Trinajstić information content (AvgIpc) is 3.04. The van der Waals surface area contributed by atoms with Gasteiger partial charge in [0.25, 0.3) is 0 Å². The number of hydrogen-bond donors (Lipinski definition) is 1. The molecule has 1 N–H and O–H groups in total. The molecule has 1 aliphatic rings. The van der Waals surface area contributed by atoms with Gasteiger partial charge in [0, 0.05) is 0 Å². The van der Waals surface area contributed by atoms with E-state index in [9.17, 15) is 5.11 Å². The van der Waals surface area contributed by atoms with Crippen LogP contribution in [-0.2, 0) is 6.42 Å². The lowest BCUT2D eigenvalue weighted by Crippen LogP contribution is -2.10. The van der Waals surface area contributed by atoms with Crippen molar-refractivity contribution in [3.63, 3.8) is 0 Å². The Kier molecular flexibility index (Phi) is 3.65. The standard InChI is InChI=1S/C15H22O/c1-11-3-4-14(9-12(11)2)10-15(16)8-7-13-5-6-13/h3-4,9,13,15-16H,5-8,10H2,1-2H3. The highest BCUT2D eigenvalue weighted by atomic mass is 16.3. The number of benzene rings is 1. The van der Waals surface area contributed by atoms with Crippen LogP contribution >= 0.6 is 0 Å². The number of rotatable bonds is 5. The van der Waals surface area contributed by atoms with E-state index in [1.807, 2.05) is 0 Å². The third-order valence-electron chi connectivity index (χ3n) is 3.65. The summed E-state index contributed by atoms with van der Waals surface area (Å²) in [5, 5.41) is 9.94. The topological polar surface area (TPSA) is 20.2 Å². The first kappa shape index (κ1) is 11.7. The van der Waals surface area contributed by atoms with Crippen molar-refractivity contribution < 1.29 is 5.11 Å². The fraction of sp³-hybridized carbons (Fsp3) is 0.600. The highest BCUT2D eigenvalue weighted by molar-refractivity contribution is 5.30. The fourth-order valence-corrected chi connectivity index (χ4v) is 2.14. The molecular formula is C15H22O. The molecule has 0 spiro atoms. The Morgan fingerprint density at radius 2 is 2.00 bits per heavy atom. The summed E-state index contributed by atoms with van der Waals surface area (Å²) in [6.45, 7) is 4.26. The number of aryl methyl sites for hydroxylation is 2. The monoisotopic (exact) mass is 218 g/mol. The lowest BCUT2D eigenvalue weighted by Gasteiger charge is -2.11. The predicted octanol–water partition coefficient (Wildman–Crippen LogP) is 3.40. The molecule has 16 heavy (non-hydrogen) atoms. The molecule has 1 unspecified atom stereocenters. The third kappa shape index (κ3) is 3.34. The molecule has 0 bridgehead atoms. The van der Waals surface area contributed by atoms with Gasteiger partial charge in [-0.1, -0.05) is 31.0 Å². The summed E-state index contributed by atoms with van der Waals surface area (Å²) in [6.07, 6.45) is 5.62. The highest BCUT2D eigenvalue weighted by Crippen LogP contribution is 2.34. The van der Waals surface area contributed by atoms with E-state index in [1.54, 1.807) is 0 Å². The smallest absolute Gasteiger partial charge is 0.0580 e. The van der Waals surface area contributed by atoms with Gasteiger partial charge in [-0.15, -0.1) is 0 Å². The van der Waals surface area contributed by atoms with Crippen LogP contribution in [0.15, 0.2) is 18.2 Å². The Balaban J connectivity index is 1.84. The van der Waals surface area contributed by atoms with Gasteiger partial charge in [-0.2, -0.15) is 0 Å². The summed E-state index contributed by atoms with van der Waals surface area (Å²) < 4.78 is 0. The minimum Gasteiger partial charge on any atom is -0.393 e. The van der Waals surface area contributed by atoms with Crippen LogP contribution in [0.2, 0.25) is 0 Å². The summed E-state index contributed by atoms with van der Waals surface area (Å²) in [5.74, 6) is 0.925. The van der Waals surface area contributed by atoms with Crippen molar-refractivity contribution in [3.8, 4) is 0 Å². The largest absolute Gasteiger partial charge is 0.393 e. The molecule has 1 aromatic carbocycles. The lowest BCUT2D eigenvalue weighted by atomic mass is 9.99. The number of hydrogen-bond acceptors (Lipinski definition) is 1. The molecule has 88 valence electrons. The molecule has 0 aromatic heterocycles. The maximum absolute atomic E-state index is 9.94.